The Morgan fingerprint density at radius 3 is 3.28 bits per heavy atom. The number of hydrogen-bond donors (Lipinski definition) is 2. The fourth-order valence-electron chi connectivity index (χ4n) is 1.92. The van der Waals surface area contributed by atoms with Crippen LogP contribution >= 0.6 is 0 Å². The van der Waals surface area contributed by atoms with Crippen LogP contribution in [0.4, 0.5) is 5.82 Å². The molecular weight excluding hydrogens is 234 g/mol. The first-order chi connectivity index (χ1) is 8.66. The fraction of sp³-hybridized carbons (Fsp3) is 0.500. The second-order valence-electron chi connectivity index (χ2n) is 4.34. The number of nitrogens with one attached hydrogen (secondary N) is 1. The first-order valence-corrected chi connectivity index (χ1v) is 5.89. The Bertz CT molecular complexity index is 425. The molecule has 1 fully saturated rings. The molecule has 0 radical (unpaired) electrons. The van der Waals surface area contributed by atoms with Crippen molar-refractivity contribution in [1.82, 2.24) is 9.88 Å². The first-order valence-electron chi connectivity index (χ1n) is 5.89. The highest BCUT2D eigenvalue weighted by Gasteiger charge is 2.18. The van der Waals surface area contributed by atoms with Crippen LogP contribution < -0.4 is 5.32 Å². The van der Waals surface area contributed by atoms with Gasteiger partial charge in [0.1, 0.15) is 11.4 Å². The van der Waals surface area contributed by atoms with E-state index in [1.54, 1.807) is 12.3 Å². The van der Waals surface area contributed by atoms with E-state index < -0.39 is 5.97 Å². The number of carbonyl (C=O) groups is 1. The van der Waals surface area contributed by atoms with E-state index in [0.717, 1.165) is 13.1 Å². The second-order valence-corrected chi connectivity index (χ2v) is 4.34. The topological polar surface area (TPSA) is 74.7 Å². The van der Waals surface area contributed by atoms with E-state index in [0.29, 0.717) is 19.0 Å². The summed E-state index contributed by atoms with van der Waals surface area (Å²) in [4.78, 5) is 17.2. The van der Waals surface area contributed by atoms with Gasteiger partial charge in [0, 0.05) is 25.8 Å². The number of aromatic nitrogens is 1. The van der Waals surface area contributed by atoms with E-state index in [-0.39, 0.29) is 11.7 Å². The van der Waals surface area contributed by atoms with Gasteiger partial charge in [-0.2, -0.15) is 0 Å². The van der Waals surface area contributed by atoms with E-state index >= 15 is 0 Å². The van der Waals surface area contributed by atoms with Crippen LogP contribution in [0.15, 0.2) is 18.3 Å². The smallest absolute Gasteiger partial charge is 0.339 e. The van der Waals surface area contributed by atoms with Gasteiger partial charge in [-0.3, -0.25) is 0 Å². The Balaban J connectivity index is 1.95. The zero-order valence-corrected chi connectivity index (χ0v) is 10.3. The number of likely N-dealkylation sites (N-methyl/N-ethyl adjacent to an activating group) is 1. The Morgan fingerprint density at radius 2 is 2.56 bits per heavy atom. The van der Waals surface area contributed by atoms with E-state index in [9.17, 15) is 4.79 Å². The lowest BCUT2D eigenvalue weighted by Crippen LogP contribution is -2.43. The monoisotopic (exact) mass is 251 g/mol. The van der Waals surface area contributed by atoms with Crippen molar-refractivity contribution >= 4 is 11.8 Å². The quantitative estimate of drug-likeness (QED) is 0.812. The third-order valence-corrected chi connectivity index (χ3v) is 2.88. The molecule has 2 N–H and O–H groups in total. The molecule has 0 aliphatic carbocycles. The Kier molecular flexibility index (Phi) is 4.11. The number of rotatable bonds is 4. The normalized spacial score (nSPS) is 20.6. The van der Waals surface area contributed by atoms with Gasteiger partial charge in [0.2, 0.25) is 0 Å². The van der Waals surface area contributed by atoms with Crippen molar-refractivity contribution in [2.45, 2.75) is 6.10 Å². The van der Waals surface area contributed by atoms with Crippen molar-refractivity contribution in [2.75, 3.05) is 38.6 Å². The first kappa shape index (κ1) is 12.8. The molecule has 1 aromatic heterocycles. The summed E-state index contributed by atoms with van der Waals surface area (Å²) < 4.78 is 5.59. The Morgan fingerprint density at radius 1 is 1.72 bits per heavy atom. The van der Waals surface area contributed by atoms with Gasteiger partial charge in [-0.15, -0.1) is 0 Å². The number of carboxylic acids is 1. The van der Waals surface area contributed by atoms with E-state index in [1.165, 1.54) is 6.07 Å². The van der Waals surface area contributed by atoms with Crippen LogP contribution in [0.5, 0.6) is 0 Å². The van der Waals surface area contributed by atoms with Gasteiger partial charge < -0.3 is 20.1 Å². The number of carboxylic acid groups (broad SMARTS) is 1. The average Bonchev–Trinajstić information content (AvgIpc) is 2.37. The summed E-state index contributed by atoms with van der Waals surface area (Å²) in [6.07, 6.45) is 1.63. The minimum Gasteiger partial charge on any atom is -0.478 e. The average molecular weight is 251 g/mol. The highest BCUT2D eigenvalue weighted by molar-refractivity contribution is 5.92. The van der Waals surface area contributed by atoms with Gasteiger partial charge in [0.05, 0.1) is 12.7 Å². The number of ether oxygens (including phenoxy) is 1. The molecule has 2 rings (SSSR count). The predicted octanol–water partition coefficient (Wildman–Crippen LogP) is 0.522. The zero-order chi connectivity index (χ0) is 13.0. The summed E-state index contributed by atoms with van der Waals surface area (Å²) in [5, 5.41) is 12.1. The lowest BCUT2D eigenvalue weighted by atomic mass is 10.2. The van der Waals surface area contributed by atoms with E-state index in [2.05, 4.69) is 15.2 Å². The highest BCUT2D eigenvalue weighted by atomic mass is 16.5. The molecule has 1 aromatic rings. The Labute approximate surface area is 106 Å². The van der Waals surface area contributed by atoms with Gasteiger partial charge in [0.15, 0.2) is 0 Å². The molecule has 1 saturated heterocycles. The molecule has 1 unspecified atom stereocenters. The summed E-state index contributed by atoms with van der Waals surface area (Å²) in [5.41, 5.74) is 0.182. The molecule has 6 heteroatoms. The minimum atomic E-state index is -0.979. The van der Waals surface area contributed by atoms with Crippen LogP contribution in [0.3, 0.4) is 0 Å². The van der Waals surface area contributed by atoms with Crippen LogP contribution in [0.1, 0.15) is 10.4 Å². The molecular formula is C12H17N3O3. The summed E-state index contributed by atoms with van der Waals surface area (Å²) in [6.45, 7) is 3.03. The van der Waals surface area contributed by atoms with Crippen LogP contribution in [0.25, 0.3) is 0 Å². The number of nitrogens with zero attached hydrogens (tertiary/aromatic N) is 2. The second kappa shape index (κ2) is 5.79. The van der Waals surface area contributed by atoms with Gasteiger partial charge in [0.25, 0.3) is 0 Å². The molecule has 0 amide bonds. The highest BCUT2D eigenvalue weighted by Crippen LogP contribution is 2.12. The summed E-state index contributed by atoms with van der Waals surface area (Å²) in [7, 11) is 2.04. The maximum atomic E-state index is 11.0. The lowest BCUT2D eigenvalue weighted by molar-refractivity contribution is -0.0117. The number of morpholine rings is 1. The molecule has 6 nitrogen and oxygen atoms in total. The molecule has 1 atom stereocenters. The van der Waals surface area contributed by atoms with Crippen molar-refractivity contribution in [3.63, 3.8) is 0 Å². The molecule has 0 spiro atoms. The van der Waals surface area contributed by atoms with Gasteiger partial charge in [-0.25, -0.2) is 9.78 Å². The molecule has 2 heterocycles. The van der Waals surface area contributed by atoms with Gasteiger partial charge >= 0.3 is 5.97 Å². The molecule has 98 valence electrons. The maximum absolute atomic E-state index is 11.0. The summed E-state index contributed by atoms with van der Waals surface area (Å²) >= 11 is 0. The fourth-order valence-corrected chi connectivity index (χ4v) is 1.92. The van der Waals surface area contributed by atoms with Crippen molar-refractivity contribution < 1.29 is 14.6 Å². The zero-order valence-electron chi connectivity index (χ0n) is 10.3. The largest absolute Gasteiger partial charge is 0.478 e. The van der Waals surface area contributed by atoms with Crippen molar-refractivity contribution in [2.24, 2.45) is 0 Å². The maximum Gasteiger partial charge on any atom is 0.339 e. The molecule has 1 aliphatic heterocycles. The number of anilines is 1. The lowest BCUT2D eigenvalue weighted by Gasteiger charge is -2.30. The van der Waals surface area contributed by atoms with E-state index in [4.69, 9.17) is 9.84 Å². The molecule has 0 saturated carbocycles. The van der Waals surface area contributed by atoms with Crippen molar-refractivity contribution in [1.29, 1.82) is 0 Å². The molecule has 0 aromatic carbocycles. The predicted molar refractivity (Wildman–Crippen MR) is 66.9 cm³/mol. The SMILES string of the molecule is CN1CCOC(CNc2ncccc2C(=O)O)C1. The van der Waals surface area contributed by atoms with Crippen molar-refractivity contribution in [3.05, 3.63) is 23.9 Å². The minimum absolute atomic E-state index is 0.0624. The van der Waals surface area contributed by atoms with E-state index in [1.807, 2.05) is 7.05 Å². The number of pyridine rings is 1. The van der Waals surface area contributed by atoms with Crippen LogP contribution in [-0.2, 0) is 4.74 Å². The standard InChI is InChI=1S/C12H17N3O3/c1-15-5-6-18-9(8-15)7-14-11-10(12(16)17)3-2-4-13-11/h2-4,9H,5-8H2,1H3,(H,13,14)(H,16,17). The number of hydrogen-bond acceptors (Lipinski definition) is 5. The summed E-state index contributed by atoms with van der Waals surface area (Å²) in [6, 6.07) is 3.14. The molecule has 0 bridgehead atoms. The Hall–Kier alpha value is -1.66. The van der Waals surface area contributed by atoms with Crippen LogP contribution in [0, 0.1) is 0 Å². The van der Waals surface area contributed by atoms with Gasteiger partial charge in [-0.1, -0.05) is 0 Å². The number of aromatic carboxylic acids is 1. The van der Waals surface area contributed by atoms with Crippen LogP contribution in [-0.4, -0.2) is 60.4 Å². The van der Waals surface area contributed by atoms with Gasteiger partial charge in [-0.05, 0) is 19.2 Å². The molecule has 18 heavy (non-hydrogen) atoms. The molecule has 1 aliphatic rings. The third-order valence-electron chi connectivity index (χ3n) is 2.88. The van der Waals surface area contributed by atoms with Crippen LogP contribution in [0.2, 0.25) is 0 Å². The third kappa shape index (κ3) is 3.18. The summed E-state index contributed by atoms with van der Waals surface area (Å²) in [5.74, 6) is -0.589. The van der Waals surface area contributed by atoms with Crippen molar-refractivity contribution in [3.8, 4) is 0 Å².